The van der Waals surface area contributed by atoms with Gasteiger partial charge in [0.25, 0.3) is 0 Å². The van der Waals surface area contributed by atoms with Crippen molar-refractivity contribution < 1.29 is 9.53 Å². The van der Waals surface area contributed by atoms with Crippen molar-refractivity contribution in [1.29, 1.82) is 0 Å². The minimum absolute atomic E-state index is 0.359. The zero-order valence-corrected chi connectivity index (χ0v) is 14.9. The summed E-state index contributed by atoms with van der Waals surface area (Å²) in [5.74, 6) is -0.410. The number of hydrogen-bond acceptors (Lipinski definition) is 6. The van der Waals surface area contributed by atoms with Crippen LogP contribution in [0, 0.1) is 0 Å². The number of nitrogens with two attached hydrogens (primary N) is 1. The predicted molar refractivity (Wildman–Crippen MR) is 98.5 cm³/mol. The molecule has 24 heavy (non-hydrogen) atoms. The van der Waals surface area contributed by atoms with E-state index in [0.717, 1.165) is 18.5 Å². The van der Waals surface area contributed by atoms with E-state index in [-0.39, 0.29) is 0 Å². The van der Waals surface area contributed by atoms with Gasteiger partial charge in [0.15, 0.2) is 0 Å². The van der Waals surface area contributed by atoms with Gasteiger partial charge in [-0.3, -0.25) is 0 Å². The largest absolute Gasteiger partial charge is 0.462 e. The number of anilines is 1. The first-order valence-corrected chi connectivity index (χ1v) is 9.02. The summed E-state index contributed by atoms with van der Waals surface area (Å²) in [7, 11) is 0. The number of benzene rings is 1. The molecule has 1 aromatic heterocycles. The van der Waals surface area contributed by atoms with Gasteiger partial charge < -0.3 is 10.5 Å². The molecular formula is C18H23N3O2S. The molecule has 2 rings (SSSR count). The molecule has 0 spiro atoms. The van der Waals surface area contributed by atoms with Gasteiger partial charge in [-0.05, 0) is 43.0 Å². The van der Waals surface area contributed by atoms with Crippen molar-refractivity contribution in [1.82, 2.24) is 0 Å². The fourth-order valence-electron chi connectivity index (χ4n) is 2.09. The first-order chi connectivity index (χ1) is 11.6. The van der Waals surface area contributed by atoms with Crippen molar-refractivity contribution in [2.24, 2.45) is 10.2 Å². The van der Waals surface area contributed by atoms with Crippen LogP contribution in [0.25, 0.3) is 0 Å². The van der Waals surface area contributed by atoms with E-state index in [1.807, 2.05) is 19.1 Å². The summed E-state index contributed by atoms with van der Waals surface area (Å²) in [6.07, 6.45) is 4.23. The standard InChI is InChI=1S/C18H23N3O2S/c1-3-5-6-13-7-9-14(10-8-13)20-21-16-12-15(17(19)24-16)18(22)23-11-4-2/h7-10,12H,3-6,11,19H2,1-2H3. The van der Waals surface area contributed by atoms with E-state index in [1.165, 1.54) is 29.7 Å². The highest BCUT2D eigenvalue weighted by Gasteiger charge is 2.15. The molecule has 2 aromatic rings. The maximum atomic E-state index is 11.9. The Labute approximate surface area is 146 Å². The van der Waals surface area contributed by atoms with Gasteiger partial charge in [-0.2, -0.15) is 0 Å². The molecule has 0 fully saturated rings. The number of carbonyl (C=O) groups is 1. The van der Waals surface area contributed by atoms with E-state index in [4.69, 9.17) is 10.5 Å². The second-order valence-electron chi connectivity index (χ2n) is 5.47. The molecule has 0 bridgehead atoms. The maximum Gasteiger partial charge on any atom is 0.341 e. The highest BCUT2D eigenvalue weighted by atomic mass is 32.1. The van der Waals surface area contributed by atoms with Gasteiger partial charge >= 0.3 is 5.97 Å². The third-order valence-electron chi connectivity index (χ3n) is 3.42. The van der Waals surface area contributed by atoms with Crippen LogP contribution in [-0.2, 0) is 11.2 Å². The van der Waals surface area contributed by atoms with Crippen LogP contribution in [0.5, 0.6) is 0 Å². The minimum Gasteiger partial charge on any atom is -0.462 e. The number of nitrogens with zero attached hydrogens (tertiary/aromatic N) is 2. The van der Waals surface area contributed by atoms with Gasteiger partial charge in [-0.25, -0.2) is 4.79 Å². The molecule has 1 aromatic carbocycles. The molecule has 1 heterocycles. The lowest BCUT2D eigenvalue weighted by Crippen LogP contribution is -2.06. The fourth-order valence-corrected chi connectivity index (χ4v) is 2.83. The first kappa shape index (κ1) is 18.1. The van der Waals surface area contributed by atoms with Gasteiger partial charge in [-0.1, -0.05) is 43.7 Å². The molecule has 0 saturated carbocycles. The fraction of sp³-hybridized carbons (Fsp3) is 0.389. The highest BCUT2D eigenvalue weighted by molar-refractivity contribution is 7.19. The molecule has 0 radical (unpaired) electrons. The summed E-state index contributed by atoms with van der Waals surface area (Å²) in [6.45, 7) is 4.51. The van der Waals surface area contributed by atoms with E-state index >= 15 is 0 Å². The normalized spacial score (nSPS) is 11.1. The van der Waals surface area contributed by atoms with E-state index in [1.54, 1.807) is 6.07 Å². The smallest absolute Gasteiger partial charge is 0.341 e. The zero-order valence-electron chi connectivity index (χ0n) is 14.1. The Morgan fingerprint density at radius 2 is 1.92 bits per heavy atom. The van der Waals surface area contributed by atoms with E-state index < -0.39 is 5.97 Å². The second kappa shape index (κ2) is 9.17. The number of aryl methyl sites for hydroxylation is 1. The van der Waals surface area contributed by atoms with Crippen molar-refractivity contribution in [2.75, 3.05) is 12.3 Å². The van der Waals surface area contributed by atoms with Gasteiger partial charge in [0.05, 0.1) is 17.9 Å². The number of carbonyl (C=O) groups excluding carboxylic acids is 1. The number of hydrogen-bond donors (Lipinski definition) is 1. The molecule has 128 valence electrons. The highest BCUT2D eigenvalue weighted by Crippen LogP contribution is 2.33. The second-order valence-corrected chi connectivity index (χ2v) is 6.53. The zero-order chi connectivity index (χ0) is 17.4. The number of esters is 1. The number of ether oxygens (including phenoxy) is 1. The predicted octanol–water partition coefficient (Wildman–Crippen LogP) is 5.66. The minimum atomic E-state index is -0.410. The van der Waals surface area contributed by atoms with Crippen molar-refractivity contribution in [2.45, 2.75) is 39.5 Å². The number of nitrogen functional groups attached to an aromatic ring is 1. The third kappa shape index (κ3) is 5.16. The first-order valence-electron chi connectivity index (χ1n) is 8.21. The summed E-state index contributed by atoms with van der Waals surface area (Å²) < 4.78 is 5.09. The number of unbranched alkanes of at least 4 members (excludes halogenated alkanes) is 1. The Hall–Kier alpha value is -2.21. The molecule has 0 aliphatic carbocycles. The lowest BCUT2D eigenvalue weighted by Gasteiger charge is -2.00. The van der Waals surface area contributed by atoms with Crippen molar-refractivity contribution >= 4 is 33.0 Å². The quantitative estimate of drug-likeness (QED) is 0.495. The Bertz CT molecular complexity index is 693. The summed E-state index contributed by atoms with van der Waals surface area (Å²) in [6, 6.07) is 9.65. The van der Waals surface area contributed by atoms with E-state index in [9.17, 15) is 4.79 Å². The average Bonchev–Trinajstić information content (AvgIpc) is 2.97. The molecule has 5 nitrogen and oxygen atoms in total. The molecule has 0 aliphatic rings. The summed E-state index contributed by atoms with van der Waals surface area (Å²) in [4.78, 5) is 11.9. The van der Waals surface area contributed by atoms with Crippen LogP contribution in [0.2, 0.25) is 0 Å². The van der Waals surface area contributed by atoms with Gasteiger partial charge in [0, 0.05) is 0 Å². The van der Waals surface area contributed by atoms with Gasteiger partial charge in [0.1, 0.15) is 10.0 Å². The topological polar surface area (TPSA) is 77.0 Å². The summed E-state index contributed by atoms with van der Waals surface area (Å²) in [5.41, 5.74) is 8.30. The van der Waals surface area contributed by atoms with Crippen LogP contribution in [0.4, 0.5) is 15.7 Å². The average molecular weight is 345 g/mol. The van der Waals surface area contributed by atoms with Gasteiger partial charge in [0.2, 0.25) is 0 Å². The Morgan fingerprint density at radius 1 is 1.17 bits per heavy atom. The molecule has 0 atom stereocenters. The number of rotatable bonds is 8. The summed E-state index contributed by atoms with van der Waals surface area (Å²) >= 11 is 1.23. The molecular weight excluding hydrogens is 322 g/mol. The van der Waals surface area contributed by atoms with Gasteiger partial charge in [-0.15, -0.1) is 10.2 Å². The molecule has 0 aliphatic heterocycles. The summed E-state index contributed by atoms with van der Waals surface area (Å²) in [5, 5.41) is 9.36. The molecule has 6 heteroatoms. The molecule has 0 saturated heterocycles. The third-order valence-corrected chi connectivity index (χ3v) is 4.27. The van der Waals surface area contributed by atoms with Crippen LogP contribution >= 0.6 is 11.3 Å². The lowest BCUT2D eigenvalue weighted by atomic mass is 10.1. The van der Waals surface area contributed by atoms with E-state index in [0.29, 0.717) is 22.2 Å². The van der Waals surface area contributed by atoms with Crippen LogP contribution in [0.3, 0.4) is 0 Å². The number of azo groups is 1. The molecule has 2 N–H and O–H groups in total. The van der Waals surface area contributed by atoms with Crippen LogP contribution < -0.4 is 5.73 Å². The Morgan fingerprint density at radius 3 is 2.58 bits per heavy atom. The lowest BCUT2D eigenvalue weighted by molar-refractivity contribution is 0.0507. The van der Waals surface area contributed by atoms with Crippen LogP contribution in [0.1, 0.15) is 49.0 Å². The molecule has 0 amide bonds. The van der Waals surface area contributed by atoms with Crippen molar-refractivity contribution in [3.8, 4) is 0 Å². The number of thiophene rings is 1. The maximum absolute atomic E-state index is 11.9. The monoisotopic (exact) mass is 345 g/mol. The SMILES string of the molecule is CCCCc1ccc(N=Nc2cc(C(=O)OCCC)c(N)s2)cc1. The Balaban J connectivity index is 2.02. The van der Waals surface area contributed by atoms with Crippen molar-refractivity contribution in [3.05, 3.63) is 41.5 Å². The van der Waals surface area contributed by atoms with E-state index in [2.05, 4.69) is 29.3 Å². The Kier molecular flexibility index (Phi) is 6.93. The van der Waals surface area contributed by atoms with Crippen LogP contribution in [-0.4, -0.2) is 12.6 Å². The van der Waals surface area contributed by atoms with Crippen LogP contribution in [0.15, 0.2) is 40.6 Å². The van der Waals surface area contributed by atoms with Crippen molar-refractivity contribution in [3.63, 3.8) is 0 Å². The molecule has 0 unspecified atom stereocenters.